The second-order valence-electron chi connectivity index (χ2n) is 5.50. The van der Waals surface area contributed by atoms with Gasteiger partial charge in [0.2, 0.25) is 0 Å². The number of aliphatic hydroxyl groups excluding tert-OH is 1. The molecule has 0 aromatic heterocycles. The zero-order valence-corrected chi connectivity index (χ0v) is 10.8. The standard InChI is InChI=1S/C15H22N2O/c18-14-8-4-7-13-15(14)16-9-10-17(13)11-12-5-2-1-3-6-12/h1-3,5-6,13-16,18H,4,7-11H2/t13-,14-,15-/m1/s1. The zero-order chi connectivity index (χ0) is 12.4. The molecule has 0 spiro atoms. The topological polar surface area (TPSA) is 35.5 Å². The van der Waals surface area contributed by atoms with Crippen LogP contribution in [-0.2, 0) is 6.54 Å². The van der Waals surface area contributed by atoms with Gasteiger partial charge in [0.05, 0.1) is 6.10 Å². The second-order valence-corrected chi connectivity index (χ2v) is 5.50. The smallest absolute Gasteiger partial charge is 0.0708 e. The van der Waals surface area contributed by atoms with Crippen LogP contribution < -0.4 is 5.32 Å². The van der Waals surface area contributed by atoms with E-state index < -0.39 is 0 Å². The van der Waals surface area contributed by atoms with Crippen molar-refractivity contribution in [2.24, 2.45) is 0 Å². The number of hydrogen-bond donors (Lipinski definition) is 2. The molecule has 1 saturated heterocycles. The molecule has 1 aromatic rings. The van der Waals surface area contributed by atoms with E-state index in [9.17, 15) is 5.11 Å². The van der Waals surface area contributed by atoms with E-state index in [2.05, 4.69) is 40.5 Å². The van der Waals surface area contributed by atoms with Crippen molar-refractivity contribution in [3.8, 4) is 0 Å². The van der Waals surface area contributed by atoms with Crippen LogP contribution in [0.1, 0.15) is 24.8 Å². The first-order valence-electron chi connectivity index (χ1n) is 7.04. The third-order valence-electron chi connectivity index (χ3n) is 4.31. The highest BCUT2D eigenvalue weighted by molar-refractivity contribution is 5.15. The molecular weight excluding hydrogens is 224 g/mol. The van der Waals surface area contributed by atoms with Crippen molar-refractivity contribution < 1.29 is 5.11 Å². The highest BCUT2D eigenvalue weighted by Crippen LogP contribution is 2.27. The third-order valence-corrected chi connectivity index (χ3v) is 4.31. The molecule has 98 valence electrons. The lowest BCUT2D eigenvalue weighted by Gasteiger charge is -2.46. The number of hydrogen-bond acceptors (Lipinski definition) is 3. The van der Waals surface area contributed by atoms with E-state index >= 15 is 0 Å². The fourth-order valence-electron chi connectivity index (χ4n) is 3.39. The Morgan fingerprint density at radius 2 is 2.06 bits per heavy atom. The molecule has 3 atom stereocenters. The third kappa shape index (κ3) is 2.44. The molecule has 2 N–H and O–H groups in total. The SMILES string of the molecule is O[C@@H]1CCC[C@@H]2[C@H]1NCCN2Cc1ccccc1. The molecule has 1 aliphatic heterocycles. The van der Waals surface area contributed by atoms with Crippen LogP contribution in [0.5, 0.6) is 0 Å². The number of aliphatic hydroxyl groups is 1. The predicted molar refractivity (Wildman–Crippen MR) is 72.3 cm³/mol. The Morgan fingerprint density at radius 1 is 1.22 bits per heavy atom. The maximum absolute atomic E-state index is 10.1. The summed E-state index contributed by atoms with van der Waals surface area (Å²) in [7, 11) is 0. The van der Waals surface area contributed by atoms with Crippen LogP contribution >= 0.6 is 0 Å². The lowest BCUT2D eigenvalue weighted by molar-refractivity contribution is -0.000968. The molecule has 18 heavy (non-hydrogen) atoms. The molecule has 1 heterocycles. The number of fused-ring (bicyclic) bond motifs is 1. The number of benzene rings is 1. The summed E-state index contributed by atoms with van der Waals surface area (Å²) < 4.78 is 0. The Balaban J connectivity index is 1.71. The minimum atomic E-state index is -0.165. The quantitative estimate of drug-likeness (QED) is 0.827. The molecule has 3 rings (SSSR count). The van der Waals surface area contributed by atoms with Crippen molar-refractivity contribution in [3.05, 3.63) is 35.9 Å². The monoisotopic (exact) mass is 246 g/mol. The van der Waals surface area contributed by atoms with Gasteiger partial charge in [-0.1, -0.05) is 30.3 Å². The van der Waals surface area contributed by atoms with Crippen LogP contribution in [-0.4, -0.2) is 41.3 Å². The van der Waals surface area contributed by atoms with Crippen LogP contribution in [0.15, 0.2) is 30.3 Å². The average Bonchev–Trinajstić information content (AvgIpc) is 2.41. The van der Waals surface area contributed by atoms with Gasteiger partial charge in [0, 0.05) is 31.7 Å². The molecule has 0 unspecified atom stereocenters. The van der Waals surface area contributed by atoms with Crippen LogP contribution in [0.25, 0.3) is 0 Å². The van der Waals surface area contributed by atoms with Gasteiger partial charge in [-0.3, -0.25) is 4.90 Å². The lowest BCUT2D eigenvalue weighted by atomic mass is 9.85. The van der Waals surface area contributed by atoms with Crippen molar-refractivity contribution in [2.75, 3.05) is 13.1 Å². The van der Waals surface area contributed by atoms with Gasteiger partial charge in [-0.15, -0.1) is 0 Å². The van der Waals surface area contributed by atoms with Crippen LogP contribution in [0.4, 0.5) is 0 Å². The molecular formula is C15H22N2O. The van der Waals surface area contributed by atoms with Gasteiger partial charge in [0.1, 0.15) is 0 Å². The Labute approximate surface area is 109 Å². The number of piperazine rings is 1. The van der Waals surface area contributed by atoms with E-state index in [1.807, 2.05) is 0 Å². The normalized spacial score (nSPS) is 33.1. The number of nitrogens with one attached hydrogen (secondary N) is 1. The van der Waals surface area contributed by atoms with Crippen molar-refractivity contribution >= 4 is 0 Å². The zero-order valence-electron chi connectivity index (χ0n) is 10.8. The van der Waals surface area contributed by atoms with E-state index in [1.165, 1.54) is 12.0 Å². The molecule has 1 aromatic carbocycles. The van der Waals surface area contributed by atoms with Crippen molar-refractivity contribution in [1.82, 2.24) is 10.2 Å². The predicted octanol–water partition coefficient (Wildman–Crippen LogP) is 1.37. The van der Waals surface area contributed by atoms with E-state index in [-0.39, 0.29) is 12.1 Å². The maximum Gasteiger partial charge on any atom is 0.0708 e. The Hall–Kier alpha value is -0.900. The van der Waals surface area contributed by atoms with E-state index in [4.69, 9.17) is 0 Å². The molecule has 0 radical (unpaired) electrons. The van der Waals surface area contributed by atoms with Gasteiger partial charge in [-0.25, -0.2) is 0 Å². The molecule has 2 aliphatic rings. The maximum atomic E-state index is 10.1. The number of rotatable bonds is 2. The van der Waals surface area contributed by atoms with E-state index in [0.29, 0.717) is 6.04 Å². The summed E-state index contributed by atoms with van der Waals surface area (Å²) in [5.41, 5.74) is 1.37. The van der Waals surface area contributed by atoms with Gasteiger partial charge in [-0.05, 0) is 24.8 Å². The summed E-state index contributed by atoms with van der Waals surface area (Å²) in [4.78, 5) is 2.54. The van der Waals surface area contributed by atoms with E-state index in [0.717, 1.165) is 32.5 Å². The molecule has 0 amide bonds. The summed E-state index contributed by atoms with van der Waals surface area (Å²) in [5.74, 6) is 0. The minimum Gasteiger partial charge on any atom is -0.391 e. The van der Waals surface area contributed by atoms with Gasteiger partial charge < -0.3 is 10.4 Å². The first-order chi connectivity index (χ1) is 8.84. The van der Waals surface area contributed by atoms with Gasteiger partial charge in [0.15, 0.2) is 0 Å². The first kappa shape index (κ1) is 12.2. The Kier molecular flexibility index (Phi) is 3.64. The molecule has 3 heteroatoms. The second kappa shape index (κ2) is 5.39. The van der Waals surface area contributed by atoms with Crippen molar-refractivity contribution in [3.63, 3.8) is 0 Å². The summed E-state index contributed by atoms with van der Waals surface area (Å²) in [6.07, 6.45) is 3.15. The van der Waals surface area contributed by atoms with E-state index in [1.54, 1.807) is 0 Å². The fourth-order valence-corrected chi connectivity index (χ4v) is 3.39. The van der Waals surface area contributed by atoms with Gasteiger partial charge in [0.25, 0.3) is 0 Å². The summed E-state index contributed by atoms with van der Waals surface area (Å²) in [5, 5.41) is 13.6. The fraction of sp³-hybridized carbons (Fsp3) is 0.600. The molecule has 3 nitrogen and oxygen atoms in total. The molecule has 2 fully saturated rings. The molecule has 1 saturated carbocycles. The molecule has 1 aliphatic carbocycles. The first-order valence-corrected chi connectivity index (χ1v) is 7.04. The Bertz CT molecular complexity index is 381. The largest absolute Gasteiger partial charge is 0.391 e. The summed E-state index contributed by atoms with van der Waals surface area (Å²) in [6.45, 7) is 3.09. The van der Waals surface area contributed by atoms with Crippen LogP contribution in [0.2, 0.25) is 0 Å². The summed E-state index contributed by atoms with van der Waals surface area (Å²) >= 11 is 0. The van der Waals surface area contributed by atoms with Crippen LogP contribution in [0.3, 0.4) is 0 Å². The van der Waals surface area contributed by atoms with Gasteiger partial charge in [-0.2, -0.15) is 0 Å². The lowest BCUT2D eigenvalue weighted by Crippen LogP contribution is -2.63. The highest BCUT2D eigenvalue weighted by Gasteiger charge is 2.37. The van der Waals surface area contributed by atoms with Crippen molar-refractivity contribution in [1.29, 1.82) is 0 Å². The Morgan fingerprint density at radius 3 is 2.89 bits per heavy atom. The highest BCUT2D eigenvalue weighted by atomic mass is 16.3. The van der Waals surface area contributed by atoms with Crippen LogP contribution in [0, 0.1) is 0 Å². The van der Waals surface area contributed by atoms with Crippen molar-refractivity contribution in [2.45, 2.75) is 44.0 Å². The number of nitrogens with zero attached hydrogens (tertiary/aromatic N) is 1. The average molecular weight is 246 g/mol. The molecule has 0 bridgehead atoms. The van der Waals surface area contributed by atoms with Gasteiger partial charge >= 0.3 is 0 Å². The summed E-state index contributed by atoms with van der Waals surface area (Å²) in [6, 6.07) is 11.4. The minimum absolute atomic E-state index is 0.165.